The fourth-order valence-electron chi connectivity index (χ4n) is 3.56. The molecule has 3 heteroatoms. The fourth-order valence-corrected chi connectivity index (χ4v) is 3.56. The third kappa shape index (κ3) is 3.97. The molecule has 1 atom stereocenters. The molecule has 0 fully saturated rings. The van der Waals surface area contributed by atoms with Gasteiger partial charge in [0.15, 0.2) is 0 Å². The zero-order chi connectivity index (χ0) is 19.8. The molecule has 1 heterocycles. The van der Waals surface area contributed by atoms with E-state index in [1.54, 1.807) is 12.5 Å². The van der Waals surface area contributed by atoms with Gasteiger partial charge in [0.2, 0.25) is 6.29 Å². The topological polar surface area (TPSA) is 38.7 Å². The van der Waals surface area contributed by atoms with Gasteiger partial charge < -0.3 is 14.6 Å². The second-order valence-electron chi connectivity index (χ2n) is 9.27. The van der Waals surface area contributed by atoms with Crippen LogP contribution in [-0.4, -0.2) is 11.4 Å². The molecule has 3 nitrogen and oxygen atoms in total. The molecule has 1 aliphatic heterocycles. The van der Waals surface area contributed by atoms with E-state index in [0.29, 0.717) is 5.75 Å². The van der Waals surface area contributed by atoms with Crippen LogP contribution in [0.15, 0.2) is 55.0 Å². The summed E-state index contributed by atoms with van der Waals surface area (Å²) in [5.74, 6) is 0.293. The number of ether oxygens (including phenoxy) is 2. The molecular formula is C24H30O3. The molecule has 0 aromatic heterocycles. The van der Waals surface area contributed by atoms with Crippen LogP contribution >= 0.6 is 0 Å². The van der Waals surface area contributed by atoms with Crippen LogP contribution in [0.2, 0.25) is 0 Å². The molecule has 27 heavy (non-hydrogen) atoms. The monoisotopic (exact) mass is 366 g/mol. The summed E-state index contributed by atoms with van der Waals surface area (Å²) in [5.41, 5.74) is 3.72. The van der Waals surface area contributed by atoms with Gasteiger partial charge in [-0.05, 0) is 33.1 Å². The number of phenolic OH excluding ortho intramolecular Hbond substituents is 1. The molecule has 1 N–H and O–H groups in total. The zero-order valence-electron chi connectivity index (χ0n) is 17.1. The fraction of sp³-hybridized carbons (Fsp3) is 0.417. The molecule has 1 aliphatic rings. The lowest BCUT2D eigenvalue weighted by Gasteiger charge is -2.31. The SMILES string of the molecule is CC(C)(C)c1cc(C(c2ccccc2)C2OC=CO2)cc(C(C)(C)C)c1O. The van der Waals surface area contributed by atoms with E-state index in [1.165, 1.54) is 0 Å². The molecule has 0 aliphatic carbocycles. The summed E-state index contributed by atoms with van der Waals surface area (Å²) in [5, 5.41) is 11.0. The van der Waals surface area contributed by atoms with E-state index in [4.69, 9.17) is 9.47 Å². The zero-order valence-corrected chi connectivity index (χ0v) is 17.1. The molecule has 2 aromatic rings. The summed E-state index contributed by atoms with van der Waals surface area (Å²) in [6.45, 7) is 12.7. The molecule has 144 valence electrons. The highest BCUT2D eigenvalue weighted by Crippen LogP contribution is 2.43. The van der Waals surface area contributed by atoms with Crippen LogP contribution in [0.1, 0.15) is 69.7 Å². The van der Waals surface area contributed by atoms with E-state index >= 15 is 0 Å². The number of phenols is 1. The highest BCUT2D eigenvalue weighted by Gasteiger charge is 2.33. The van der Waals surface area contributed by atoms with Crippen molar-refractivity contribution in [2.24, 2.45) is 0 Å². The predicted molar refractivity (Wildman–Crippen MR) is 109 cm³/mol. The van der Waals surface area contributed by atoms with Crippen LogP contribution in [-0.2, 0) is 20.3 Å². The number of hydrogen-bond acceptors (Lipinski definition) is 3. The molecule has 2 aromatic carbocycles. The number of aromatic hydroxyl groups is 1. The van der Waals surface area contributed by atoms with E-state index in [9.17, 15) is 5.11 Å². The summed E-state index contributed by atoms with van der Waals surface area (Å²) in [4.78, 5) is 0. The lowest BCUT2D eigenvalue weighted by atomic mass is 9.76. The van der Waals surface area contributed by atoms with Crippen LogP contribution in [0.3, 0.4) is 0 Å². The van der Waals surface area contributed by atoms with Gasteiger partial charge in [0.25, 0.3) is 0 Å². The third-order valence-corrected chi connectivity index (χ3v) is 5.02. The average molecular weight is 367 g/mol. The van der Waals surface area contributed by atoms with Gasteiger partial charge in [-0.15, -0.1) is 0 Å². The van der Waals surface area contributed by atoms with Gasteiger partial charge in [-0.2, -0.15) is 0 Å². The highest BCUT2D eigenvalue weighted by molar-refractivity contribution is 5.52. The first-order valence-corrected chi connectivity index (χ1v) is 9.48. The summed E-state index contributed by atoms with van der Waals surface area (Å²) in [7, 11) is 0. The molecule has 3 rings (SSSR count). The third-order valence-electron chi connectivity index (χ3n) is 5.02. The van der Waals surface area contributed by atoms with Gasteiger partial charge in [-0.1, -0.05) is 84.0 Å². The maximum Gasteiger partial charge on any atom is 0.250 e. The van der Waals surface area contributed by atoms with Crippen LogP contribution in [0, 0.1) is 0 Å². The second kappa shape index (κ2) is 6.95. The van der Waals surface area contributed by atoms with Gasteiger partial charge >= 0.3 is 0 Å². The normalized spacial score (nSPS) is 16.1. The van der Waals surface area contributed by atoms with Crippen molar-refractivity contribution in [2.75, 3.05) is 0 Å². The van der Waals surface area contributed by atoms with E-state index in [1.807, 2.05) is 18.2 Å². The van der Waals surface area contributed by atoms with Crippen molar-refractivity contribution in [1.82, 2.24) is 0 Å². The van der Waals surface area contributed by atoms with Crippen molar-refractivity contribution in [3.05, 3.63) is 77.2 Å². The minimum atomic E-state index is -0.419. The van der Waals surface area contributed by atoms with Gasteiger partial charge in [-0.3, -0.25) is 0 Å². The molecule has 0 spiro atoms. The summed E-state index contributed by atoms with van der Waals surface area (Å²) in [6, 6.07) is 14.5. The Hall–Kier alpha value is -2.42. The maximum absolute atomic E-state index is 11.0. The number of benzene rings is 2. The summed E-state index contributed by atoms with van der Waals surface area (Å²) >= 11 is 0. The van der Waals surface area contributed by atoms with Crippen molar-refractivity contribution in [1.29, 1.82) is 0 Å². The van der Waals surface area contributed by atoms with E-state index < -0.39 is 6.29 Å². The molecular weight excluding hydrogens is 336 g/mol. The Morgan fingerprint density at radius 1 is 0.778 bits per heavy atom. The smallest absolute Gasteiger partial charge is 0.250 e. The number of hydrogen-bond donors (Lipinski definition) is 1. The van der Waals surface area contributed by atoms with Gasteiger partial charge in [0, 0.05) is 0 Å². The van der Waals surface area contributed by atoms with Gasteiger partial charge in [-0.25, -0.2) is 0 Å². The Balaban J connectivity index is 2.23. The number of rotatable bonds is 3. The largest absolute Gasteiger partial charge is 0.507 e. The van der Waals surface area contributed by atoms with Gasteiger partial charge in [0.1, 0.15) is 18.3 Å². The van der Waals surface area contributed by atoms with Crippen LogP contribution < -0.4 is 0 Å². The first kappa shape index (κ1) is 19.3. The van der Waals surface area contributed by atoms with Crippen LogP contribution in [0.4, 0.5) is 0 Å². The van der Waals surface area contributed by atoms with Crippen LogP contribution in [0.5, 0.6) is 5.75 Å². The van der Waals surface area contributed by atoms with Crippen molar-refractivity contribution in [3.63, 3.8) is 0 Å². The Morgan fingerprint density at radius 2 is 1.26 bits per heavy atom. The maximum atomic E-state index is 11.0. The van der Waals surface area contributed by atoms with E-state index in [0.717, 1.165) is 22.3 Å². The molecule has 0 saturated carbocycles. The standard InChI is InChI=1S/C24H30O3/c1-23(2,3)18-14-17(15-19(21(18)25)24(4,5)6)20(22-26-12-13-27-22)16-10-8-7-9-11-16/h7-15,20,22,25H,1-6H3. The van der Waals surface area contributed by atoms with E-state index in [-0.39, 0.29) is 16.7 Å². The second-order valence-corrected chi connectivity index (χ2v) is 9.27. The minimum Gasteiger partial charge on any atom is -0.507 e. The molecule has 0 radical (unpaired) electrons. The van der Waals surface area contributed by atoms with Crippen molar-refractivity contribution < 1.29 is 14.6 Å². The van der Waals surface area contributed by atoms with E-state index in [2.05, 4.69) is 65.8 Å². The Kier molecular flexibility index (Phi) is 4.98. The Bertz CT molecular complexity index is 780. The van der Waals surface area contributed by atoms with Crippen molar-refractivity contribution in [2.45, 2.75) is 64.6 Å². The first-order chi connectivity index (χ1) is 12.6. The van der Waals surface area contributed by atoms with Crippen molar-refractivity contribution >= 4 is 0 Å². The quantitative estimate of drug-likeness (QED) is 0.728. The minimum absolute atomic E-state index is 0.0935. The first-order valence-electron chi connectivity index (χ1n) is 9.48. The van der Waals surface area contributed by atoms with Crippen molar-refractivity contribution in [3.8, 4) is 5.75 Å². The lowest BCUT2D eigenvalue weighted by molar-refractivity contribution is -0.0340. The van der Waals surface area contributed by atoms with Gasteiger partial charge in [0.05, 0.1) is 5.92 Å². The summed E-state index contributed by atoms with van der Waals surface area (Å²) in [6.07, 6.45) is 2.77. The molecule has 0 amide bonds. The Morgan fingerprint density at radius 3 is 1.70 bits per heavy atom. The molecule has 0 bridgehead atoms. The van der Waals surface area contributed by atoms with Crippen LogP contribution in [0.25, 0.3) is 0 Å². The summed E-state index contributed by atoms with van der Waals surface area (Å²) < 4.78 is 11.5. The average Bonchev–Trinajstić information content (AvgIpc) is 3.09. The molecule has 0 saturated heterocycles. The molecule has 1 unspecified atom stereocenters. The predicted octanol–water partition coefficient (Wildman–Crippen LogP) is 5.96. The Labute approximate surface area is 162 Å². The highest BCUT2D eigenvalue weighted by atomic mass is 16.7. The lowest BCUT2D eigenvalue weighted by Crippen LogP contribution is -2.23.